The van der Waals surface area contributed by atoms with Crippen molar-refractivity contribution in [1.82, 2.24) is 15.5 Å². The van der Waals surface area contributed by atoms with Crippen LogP contribution in [0.15, 0.2) is 0 Å². The number of imide groups is 1. The molecule has 1 spiro atoms. The standard InChI is InChI=1S/C12H15N3O5/c16-8(6-4-7(6)9(17)18)15-3-1-2-12(5-15)10(19)13-11(20)14-12/h6-7H,1-5H2,(H,17,18)(H2,13,14,19,20). The van der Waals surface area contributed by atoms with Gasteiger partial charge in [0.25, 0.3) is 5.91 Å². The van der Waals surface area contributed by atoms with E-state index >= 15 is 0 Å². The van der Waals surface area contributed by atoms with E-state index in [0.717, 1.165) is 0 Å². The van der Waals surface area contributed by atoms with E-state index in [0.29, 0.717) is 25.8 Å². The van der Waals surface area contributed by atoms with Gasteiger partial charge in [-0.2, -0.15) is 0 Å². The van der Waals surface area contributed by atoms with Crippen molar-refractivity contribution in [2.45, 2.75) is 24.8 Å². The second-order valence-electron chi connectivity index (χ2n) is 5.64. The summed E-state index contributed by atoms with van der Waals surface area (Å²) in [7, 11) is 0. The summed E-state index contributed by atoms with van der Waals surface area (Å²) in [6.07, 6.45) is 1.45. The molecule has 0 bridgehead atoms. The van der Waals surface area contributed by atoms with Crippen molar-refractivity contribution < 1.29 is 24.3 Å². The summed E-state index contributed by atoms with van der Waals surface area (Å²) in [6.45, 7) is 0.610. The average Bonchev–Trinajstić information content (AvgIpc) is 3.13. The molecule has 3 aliphatic rings. The van der Waals surface area contributed by atoms with Crippen LogP contribution in [-0.4, -0.2) is 52.4 Å². The van der Waals surface area contributed by atoms with Crippen LogP contribution in [0.5, 0.6) is 0 Å². The molecule has 1 aliphatic carbocycles. The Bertz CT molecular complexity index is 519. The summed E-state index contributed by atoms with van der Waals surface area (Å²) >= 11 is 0. The fraction of sp³-hybridized carbons (Fsp3) is 0.667. The van der Waals surface area contributed by atoms with E-state index in [1.165, 1.54) is 4.90 Å². The lowest BCUT2D eigenvalue weighted by atomic mass is 9.89. The van der Waals surface area contributed by atoms with Crippen LogP contribution in [0.3, 0.4) is 0 Å². The molecule has 3 fully saturated rings. The molecule has 0 aromatic heterocycles. The van der Waals surface area contributed by atoms with Crippen LogP contribution >= 0.6 is 0 Å². The average molecular weight is 281 g/mol. The van der Waals surface area contributed by atoms with Crippen LogP contribution in [-0.2, 0) is 14.4 Å². The molecule has 4 amide bonds. The molecule has 0 aromatic rings. The van der Waals surface area contributed by atoms with Crippen molar-refractivity contribution in [3.8, 4) is 0 Å². The number of aliphatic carboxylic acids is 1. The van der Waals surface area contributed by atoms with Gasteiger partial charge >= 0.3 is 12.0 Å². The summed E-state index contributed by atoms with van der Waals surface area (Å²) in [5.41, 5.74) is -1.04. The van der Waals surface area contributed by atoms with Gasteiger partial charge in [-0.15, -0.1) is 0 Å². The number of likely N-dealkylation sites (tertiary alicyclic amines) is 1. The normalized spacial score (nSPS) is 35.7. The Labute approximate surface area is 114 Å². The number of amides is 4. The zero-order valence-electron chi connectivity index (χ0n) is 10.7. The van der Waals surface area contributed by atoms with Gasteiger partial charge in [0.15, 0.2) is 0 Å². The summed E-state index contributed by atoms with van der Waals surface area (Å²) in [4.78, 5) is 47.7. The largest absolute Gasteiger partial charge is 0.481 e. The Balaban J connectivity index is 1.70. The first-order chi connectivity index (χ1) is 9.43. The van der Waals surface area contributed by atoms with E-state index in [4.69, 9.17) is 5.11 Å². The lowest BCUT2D eigenvalue weighted by Crippen LogP contribution is -2.59. The summed E-state index contributed by atoms with van der Waals surface area (Å²) in [5.74, 6) is -2.69. The van der Waals surface area contributed by atoms with Gasteiger partial charge in [-0.05, 0) is 19.3 Å². The van der Waals surface area contributed by atoms with Crippen LogP contribution in [0.25, 0.3) is 0 Å². The molecule has 8 nitrogen and oxygen atoms in total. The Morgan fingerprint density at radius 2 is 2.05 bits per heavy atom. The van der Waals surface area contributed by atoms with Crippen molar-refractivity contribution >= 4 is 23.8 Å². The van der Waals surface area contributed by atoms with E-state index in [2.05, 4.69) is 10.6 Å². The number of carbonyl (C=O) groups is 4. The number of carboxylic acid groups (broad SMARTS) is 1. The van der Waals surface area contributed by atoms with Gasteiger partial charge in [0.1, 0.15) is 5.54 Å². The van der Waals surface area contributed by atoms with Gasteiger partial charge in [-0.1, -0.05) is 0 Å². The summed E-state index contributed by atoms with van der Waals surface area (Å²) in [5, 5.41) is 13.6. The number of hydrogen-bond acceptors (Lipinski definition) is 4. The highest BCUT2D eigenvalue weighted by Crippen LogP contribution is 2.41. The molecular weight excluding hydrogens is 266 g/mol. The maximum absolute atomic E-state index is 12.2. The van der Waals surface area contributed by atoms with Gasteiger partial charge in [0.05, 0.1) is 18.4 Å². The van der Waals surface area contributed by atoms with E-state index < -0.39 is 35.3 Å². The van der Waals surface area contributed by atoms with Crippen molar-refractivity contribution in [2.75, 3.05) is 13.1 Å². The second-order valence-corrected chi connectivity index (χ2v) is 5.64. The quantitative estimate of drug-likeness (QED) is 0.556. The molecule has 1 saturated carbocycles. The minimum Gasteiger partial charge on any atom is -0.481 e. The minimum absolute atomic E-state index is 0.117. The Hall–Kier alpha value is -2.12. The van der Waals surface area contributed by atoms with Crippen LogP contribution in [0, 0.1) is 11.8 Å². The maximum atomic E-state index is 12.2. The number of carbonyl (C=O) groups excluding carboxylic acids is 3. The number of nitrogens with one attached hydrogen (secondary N) is 2. The monoisotopic (exact) mass is 281 g/mol. The lowest BCUT2D eigenvalue weighted by Gasteiger charge is -2.38. The zero-order valence-corrected chi connectivity index (χ0v) is 10.7. The maximum Gasteiger partial charge on any atom is 0.322 e. The molecule has 2 heterocycles. The van der Waals surface area contributed by atoms with Crippen molar-refractivity contribution in [3.05, 3.63) is 0 Å². The van der Waals surface area contributed by atoms with Gasteiger partial charge < -0.3 is 15.3 Å². The SMILES string of the molecule is O=C1NC(=O)C2(CCCN(C(=O)C3CC3C(=O)O)C2)N1. The molecule has 3 atom stereocenters. The molecule has 2 aliphatic heterocycles. The molecule has 0 radical (unpaired) electrons. The highest BCUT2D eigenvalue weighted by atomic mass is 16.4. The van der Waals surface area contributed by atoms with Crippen LogP contribution in [0.1, 0.15) is 19.3 Å². The highest BCUT2D eigenvalue weighted by Gasteiger charge is 2.54. The van der Waals surface area contributed by atoms with Crippen molar-refractivity contribution in [1.29, 1.82) is 0 Å². The Morgan fingerprint density at radius 1 is 1.30 bits per heavy atom. The van der Waals surface area contributed by atoms with Crippen molar-refractivity contribution in [3.63, 3.8) is 0 Å². The van der Waals surface area contributed by atoms with Gasteiger partial charge in [0.2, 0.25) is 5.91 Å². The molecule has 20 heavy (non-hydrogen) atoms. The summed E-state index contributed by atoms with van der Waals surface area (Å²) in [6, 6.07) is -0.542. The third-order valence-corrected chi connectivity index (χ3v) is 4.24. The fourth-order valence-corrected chi connectivity index (χ4v) is 3.03. The first-order valence-electron chi connectivity index (χ1n) is 6.58. The van der Waals surface area contributed by atoms with Crippen molar-refractivity contribution in [2.24, 2.45) is 11.8 Å². The first-order valence-corrected chi connectivity index (χ1v) is 6.58. The predicted octanol–water partition coefficient (Wildman–Crippen LogP) is -1.09. The number of hydrogen-bond donors (Lipinski definition) is 3. The number of piperidine rings is 1. The molecule has 8 heteroatoms. The Morgan fingerprint density at radius 3 is 2.60 bits per heavy atom. The fourth-order valence-electron chi connectivity index (χ4n) is 3.03. The third-order valence-electron chi connectivity index (χ3n) is 4.24. The van der Waals surface area contributed by atoms with E-state index in [1.807, 2.05) is 0 Å². The van der Waals surface area contributed by atoms with Gasteiger partial charge in [-0.3, -0.25) is 19.7 Å². The van der Waals surface area contributed by atoms with Gasteiger partial charge in [0, 0.05) is 6.54 Å². The van der Waals surface area contributed by atoms with E-state index in [9.17, 15) is 19.2 Å². The number of nitrogens with zero attached hydrogens (tertiary/aromatic N) is 1. The van der Waals surface area contributed by atoms with Gasteiger partial charge in [-0.25, -0.2) is 4.79 Å². The molecular formula is C12H15N3O5. The minimum atomic E-state index is -1.04. The number of carboxylic acids is 1. The first kappa shape index (κ1) is 12.9. The van der Waals surface area contributed by atoms with E-state index in [1.54, 1.807) is 0 Å². The summed E-state index contributed by atoms with van der Waals surface area (Å²) < 4.78 is 0. The molecule has 108 valence electrons. The number of urea groups is 1. The zero-order chi connectivity index (χ0) is 14.5. The van der Waals surface area contributed by atoms with Crippen LogP contribution in [0.4, 0.5) is 4.79 Å². The van der Waals surface area contributed by atoms with Crippen LogP contribution in [0.2, 0.25) is 0 Å². The molecule has 0 aromatic carbocycles. The molecule has 3 N–H and O–H groups in total. The Kier molecular flexibility index (Phi) is 2.70. The number of rotatable bonds is 2. The smallest absolute Gasteiger partial charge is 0.322 e. The third kappa shape index (κ3) is 1.91. The predicted molar refractivity (Wildman–Crippen MR) is 64.5 cm³/mol. The lowest BCUT2D eigenvalue weighted by molar-refractivity contribution is -0.143. The van der Waals surface area contributed by atoms with E-state index in [-0.39, 0.29) is 12.5 Å². The van der Waals surface area contributed by atoms with Crippen LogP contribution < -0.4 is 10.6 Å². The molecule has 3 rings (SSSR count). The molecule has 2 saturated heterocycles. The molecule has 3 unspecified atom stereocenters. The highest BCUT2D eigenvalue weighted by molar-refractivity contribution is 6.07. The topological polar surface area (TPSA) is 116 Å². The second kappa shape index (κ2) is 4.19.